The minimum Gasteiger partial charge on any atom is -0.381 e. The highest BCUT2D eigenvalue weighted by atomic mass is 35.5. The van der Waals surface area contributed by atoms with E-state index >= 15 is 0 Å². The molecule has 1 aliphatic rings. The first-order chi connectivity index (χ1) is 10.1. The predicted octanol–water partition coefficient (Wildman–Crippen LogP) is 2.71. The van der Waals surface area contributed by atoms with Crippen LogP contribution in [0, 0.1) is 5.92 Å². The molecule has 1 aromatic rings. The van der Waals surface area contributed by atoms with Gasteiger partial charge in [0, 0.05) is 31.4 Å². The lowest BCUT2D eigenvalue weighted by Gasteiger charge is -2.28. The number of carbonyl (C=O) groups is 1. The van der Waals surface area contributed by atoms with Crippen LogP contribution in [0.3, 0.4) is 0 Å². The molecule has 116 valence electrons. The fourth-order valence-electron chi connectivity index (χ4n) is 2.52. The molecular formula is C15H22ClN3O2. The van der Waals surface area contributed by atoms with Gasteiger partial charge in [-0.15, -0.1) is 0 Å². The van der Waals surface area contributed by atoms with E-state index in [-0.39, 0.29) is 11.9 Å². The van der Waals surface area contributed by atoms with E-state index in [9.17, 15) is 4.79 Å². The van der Waals surface area contributed by atoms with Gasteiger partial charge in [-0.25, -0.2) is 4.98 Å². The SMILES string of the molecule is CCNc1cc(C(=O)NC(C)C2CCOCC2)cc(Cl)n1. The van der Waals surface area contributed by atoms with Crippen LogP contribution in [0.1, 0.15) is 37.0 Å². The molecule has 1 saturated heterocycles. The fourth-order valence-corrected chi connectivity index (χ4v) is 2.73. The van der Waals surface area contributed by atoms with Crippen molar-refractivity contribution in [1.29, 1.82) is 0 Å². The minimum absolute atomic E-state index is 0.113. The molecule has 5 nitrogen and oxygen atoms in total. The van der Waals surface area contributed by atoms with Crippen molar-refractivity contribution < 1.29 is 9.53 Å². The van der Waals surface area contributed by atoms with Gasteiger partial charge in [-0.05, 0) is 44.7 Å². The average molecular weight is 312 g/mol. The monoisotopic (exact) mass is 311 g/mol. The molecule has 1 atom stereocenters. The van der Waals surface area contributed by atoms with Crippen LogP contribution in [-0.2, 0) is 4.74 Å². The van der Waals surface area contributed by atoms with Crippen LogP contribution in [-0.4, -0.2) is 36.7 Å². The molecule has 2 N–H and O–H groups in total. The lowest BCUT2D eigenvalue weighted by Crippen LogP contribution is -2.40. The van der Waals surface area contributed by atoms with Crippen molar-refractivity contribution in [3.8, 4) is 0 Å². The molecule has 0 aliphatic carbocycles. The number of nitrogens with one attached hydrogen (secondary N) is 2. The number of carbonyl (C=O) groups excluding carboxylic acids is 1. The second kappa shape index (κ2) is 7.61. The number of rotatable bonds is 5. The molecule has 1 fully saturated rings. The molecule has 0 radical (unpaired) electrons. The van der Waals surface area contributed by atoms with Gasteiger partial charge in [0.15, 0.2) is 0 Å². The number of halogens is 1. The number of hydrogen-bond donors (Lipinski definition) is 2. The molecular weight excluding hydrogens is 290 g/mol. The highest BCUT2D eigenvalue weighted by molar-refractivity contribution is 6.29. The second-order valence-electron chi connectivity index (χ2n) is 5.31. The predicted molar refractivity (Wildman–Crippen MR) is 83.9 cm³/mol. The lowest BCUT2D eigenvalue weighted by molar-refractivity contribution is 0.0538. The van der Waals surface area contributed by atoms with Crippen LogP contribution >= 0.6 is 11.6 Å². The summed E-state index contributed by atoms with van der Waals surface area (Å²) in [5, 5.41) is 6.44. The molecule has 1 amide bonds. The van der Waals surface area contributed by atoms with Crippen LogP contribution in [0.2, 0.25) is 5.15 Å². The third-order valence-electron chi connectivity index (χ3n) is 3.75. The van der Waals surface area contributed by atoms with Crippen molar-refractivity contribution in [2.75, 3.05) is 25.1 Å². The summed E-state index contributed by atoms with van der Waals surface area (Å²) in [6, 6.07) is 3.44. The molecule has 2 rings (SSSR count). The van der Waals surface area contributed by atoms with Crippen LogP contribution in [0.25, 0.3) is 0 Å². The normalized spacial score (nSPS) is 17.3. The van der Waals surface area contributed by atoms with Crippen molar-refractivity contribution in [2.45, 2.75) is 32.7 Å². The van der Waals surface area contributed by atoms with Gasteiger partial charge < -0.3 is 15.4 Å². The Morgan fingerprint density at radius 3 is 2.86 bits per heavy atom. The molecule has 1 aliphatic heterocycles. The third kappa shape index (κ3) is 4.58. The Bertz CT molecular complexity index is 490. The highest BCUT2D eigenvalue weighted by Gasteiger charge is 2.22. The van der Waals surface area contributed by atoms with E-state index in [1.165, 1.54) is 0 Å². The van der Waals surface area contributed by atoms with Gasteiger partial charge >= 0.3 is 0 Å². The largest absolute Gasteiger partial charge is 0.381 e. The molecule has 2 heterocycles. The summed E-state index contributed by atoms with van der Waals surface area (Å²) in [6.07, 6.45) is 1.97. The van der Waals surface area contributed by atoms with Crippen molar-refractivity contribution in [2.24, 2.45) is 5.92 Å². The molecule has 1 unspecified atom stereocenters. The molecule has 0 aromatic carbocycles. The Labute approximate surface area is 130 Å². The quantitative estimate of drug-likeness (QED) is 0.821. The van der Waals surface area contributed by atoms with E-state index in [1.807, 2.05) is 13.8 Å². The topological polar surface area (TPSA) is 63.2 Å². The Kier molecular flexibility index (Phi) is 5.82. The first-order valence-electron chi connectivity index (χ1n) is 7.40. The van der Waals surface area contributed by atoms with E-state index in [1.54, 1.807) is 12.1 Å². The first kappa shape index (κ1) is 16.0. The smallest absolute Gasteiger partial charge is 0.251 e. The Hall–Kier alpha value is -1.33. The highest BCUT2D eigenvalue weighted by Crippen LogP contribution is 2.20. The van der Waals surface area contributed by atoms with Gasteiger partial charge in [0.05, 0.1) is 0 Å². The minimum atomic E-state index is -0.113. The zero-order chi connectivity index (χ0) is 15.2. The van der Waals surface area contributed by atoms with Crippen molar-refractivity contribution >= 4 is 23.3 Å². The Morgan fingerprint density at radius 2 is 2.19 bits per heavy atom. The van der Waals surface area contributed by atoms with Gasteiger partial charge in [0.1, 0.15) is 11.0 Å². The average Bonchev–Trinajstić information content (AvgIpc) is 2.48. The summed E-state index contributed by atoms with van der Waals surface area (Å²) in [5.74, 6) is 0.972. The number of anilines is 1. The van der Waals surface area contributed by atoms with Crippen LogP contribution in [0.5, 0.6) is 0 Å². The van der Waals surface area contributed by atoms with E-state index in [2.05, 4.69) is 15.6 Å². The van der Waals surface area contributed by atoms with Gasteiger partial charge in [0.2, 0.25) is 0 Å². The number of nitrogens with zero attached hydrogens (tertiary/aromatic N) is 1. The second-order valence-corrected chi connectivity index (χ2v) is 5.69. The van der Waals surface area contributed by atoms with Gasteiger partial charge in [-0.2, -0.15) is 0 Å². The Balaban J connectivity index is 2.01. The number of amides is 1. The van der Waals surface area contributed by atoms with E-state index in [0.29, 0.717) is 22.5 Å². The van der Waals surface area contributed by atoms with Crippen molar-refractivity contribution in [3.63, 3.8) is 0 Å². The summed E-state index contributed by atoms with van der Waals surface area (Å²) < 4.78 is 5.35. The van der Waals surface area contributed by atoms with Gasteiger partial charge in [0.25, 0.3) is 5.91 Å². The van der Waals surface area contributed by atoms with Gasteiger partial charge in [-0.1, -0.05) is 11.6 Å². The van der Waals surface area contributed by atoms with Crippen LogP contribution < -0.4 is 10.6 Å². The maximum absolute atomic E-state index is 12.3. The van der Waals surface area contributed by atoms with E-state index in [0.717, 1.165) is 32.6 Å². The lowest BCUT2D eigenvalue weighted by atomic mass is 9.93. The summed E-state index contributed by atoms with van der Waals surface area (Å²) in [5.41, 5.74) is 0.532. The number of ether oxygens (including phenoxy) is 1. The number of aromatic nitrogens is 1. The molecule has 21 heavy (non-hydrogen) atoms. The van der Waals surface area contributed by atoms with Crippen molar-refractivity contribution in [3.05, 3.63) is 22.8 Å². The number of hydrogen-bond acceptors (Lipinski definition) is 4. The fraction of sp³-hybridized carbons (Fsp3) is 0.600. The van der Waals surface area contributed by atoms with Gasteiger partial charge in [-0.3, -0.25) is 4.79 Å². The molecule has 1 aromatic heterocycles. The van der Waals surface area contributed by atoms with Crippen LogP contribution in [0.4, 0.5) is 5.82 Å². The van der Waals surface area contributed by atoms with E-state index in [4.69, 9.17) is 16.3 Å². The maximum atomic E-state index is 12.3. The van der Waals surface area contributed by atoms with E-state index < -0.39 is 0 Å². The Morgan fingerprint density at radius 1 is 1.48 bits per heavy atom. The summed E-state index contributed by atoms with van der Waals surface area (Å²) in [6.45, 7) is 6.29. The standard InChI is InChI=1S/C15H22ClN3O2/c1-3-17-14-9-12(8-13(16)19-14)15(20)18-10(2)11-4-6-21-7-5-11/h8-11H,3-7H2,1-2H3,(H,17,19)(H,18,20). The zero-order valence-corrected chi connectivity index (χ0v) is 13.2. The summed E-state index contributed by atoms with van der Waals surface area (Å²) in [4.78, 5) is 16.5. The number of pyridine rings is 1. The molecule has 0 bridgehead atoms. The molecule has 0 saturated carbocycles. The summed E-state index contributed by atoms with van der Waals surface area (Å²) >= 11 is 5.97. The zero-order valence-electron chi connectivity index (χ0n) is 12.5. The summed E-state index contributed by atoms with van der Waals surface area (Å²) in [7, 11) is 0. The molecule has 0 spiro atoms. The van der Waals surface area contributed by atoms with Crippen molar-refractivity contribution in [1.82, 2.24) is 10.3 Å². The first-order valence-corrected chi connectivity index (χ1v) is 7.78. The maximum Gasteiger partial charge on any atom is 0.251 e. The molecule has 6 heteroatoms. The van der Waals surface area contributed by atoms with Crippen LogP contribution in [0.15, 0.2) is 12.1 Å². The third-order valence-corrected chi connectivity index (χ3v) is 3.94.